The van der Waals surface area contributed by atoms with Crippen molar-refractivity contribution in [2.45, 2.75) is 19.3 Å². The monoisotopic (exact) mass is 299 g/mol. The molecule has 0 aliphatic carbocycles. The first-order chi connectivity index (χ1) is 10.6. The van der Waals surface area contributed by atoms with Crippen LogP contribution in [-0.2, 0) is 27.2 Å². The standard InChI is InChI=1S/C16H17N3O3/c1-2-5-17-15(21)16(22)18-12-7-10-4-3-6-19-13(20)9-11(8-12)14(10)19/h2,7-8H,1,3-6,9H2,(H,17,21)(H,18,22). The lowest BCUT2D eigenvalue weighted by Crippen LogP contribution is -2.35. The SMILES string of the molecule is C=CCNC(=O)C(=O)Nc1cc2c3c(c1)CC(=O)N3CCC2. The Morgan fingerprint density at radius 3 is 2.82 bits per heavy atom. The molecule has 0 radical (unpaired) electrons. The fourth-order valence-corrected chi connectivity index (χ4v) is 2.98. The molecule has 1 aromatic rings. The maximum absolute atomic E-state index is 12.0. The van der Waals surface area contributed by atoms with Gasteiger partial charge in [-0.1, -0.05) is 6.08 Å². The molecule has 3 rings (SSSR count). The van der Waals surface area contributed by atoms with Crippen LogP contribution in [0.4, 0.5) is 11.4 Å². The van der Waals surface area contributed by atoms with Crippen LogP contribution in [0.2, 0.25) is 0 Å². The second-order valence-corrected chi connectivity index (χ2v) is 5.42. The first-order valence-corrected chi connectivity index (χ1v) is 7.26. The maximum Gasteiger partial charge on any atom is 0.313 e. The first-order valence-electron chi connectivity index (χ1n) is 7.26. The van der Waals surface area contributed by atoms with Gasteiger partial charge in [0, 0.05) is 18.8 Å². The van der Waals surface area contributed by atoms with Gasteiger partial charge in [0.05, 0.1) is 12.1 Å². The maximum atomic E-state index is 12.0. The predicted octanol–water partition coefficient (Wildman–Crippen LogP) is 0.763. The van der Waals surface area contributed by atoms with E-state index < -0.39 is 11.8 Å². The molecule has 0 fully saturated rings. The van der Waals surface area contributed by atoms with Crippen molar-refractivity contribution in [3.63, 3.8) is 0 Å². The summed E-state index contributed by atoms with van der Waals surface area (Å²) in [5.74, 6) is -1.32. The van der Waals surface area contributed by atoms with Crippen molar-refractivity contribution in [2.24, 2.45) is 0 Å². The van der Waals surface area contributed by atoms with Crippen molar-refractivity contribution >= 4 is 29.1 Å². The molecule has 6 heteroatoms. The third-order valence-electron chi connectivity index (χ3n) is 3.88. The molecule has 0 spiro atoms. The number of carbonyl (C=O) groups excluding carboxylic acids is 3. The van der Waals surface area contributed by atoms with E-state index in [0.717, 1.165) is 36.2 Å². The van der Waals surface area contributed by atoms with Gasteiger partial charge in [0.15, 0.2) is 0 Å². The summed E-state index contributed by atoms with van der Waals surface area (Å²) in [5.41, 5.74) is 3.52. The third kappa shape index (κ3) is 2.47. The molecule has 114 valence electrons. The van der Waals surface area contributed by atoms with Crippen molar-refractivity contribution in [1.82, 2.24) is 5.32 Å². The van der Waals surface area contributed by atoms with E-state index in [-0.39, 0.29) is 12.5 Å². The highest BCUT2D eigenvalue weighted by molar-refractivity contribution is 6.39. The summed E-state index contributed by atoms with van der Waals surface area (Å²) < 4.78 is 0. The Balaban J connectivity index is 1.81. The number of benzene rings is 1. The third-order valence-corrected chi connectivity index (χ3v) is 3.88. The average molecular weight is 299 g/mol. The largest absolute Gasteiger partial charge is 0.344 e. The molecule has 0 aromatic heterocycles. The van der Waals surface area contributed by atoms with E-state index in [0.29, 0.717) is 12.1 Å². The second kappa shape index (κ2) is 5.63. The fraction of sp³-hybridized carbons (Fsp3) is 0.312. The molecule has 0 saturated heterocycles. The minimum atomic E-state index is -0.717. The van der Waals surface area contributed by atoms with Gasteiger partial charge in [-0.2, -0.15) is 0 Å². The van der Waals surface area contributed by atoms with Gasteiger partial charge in [0.2, 0.25) is 5.91 Å². The number of hydrogen-bond donors (Lipinski definition) is 2. The number of nitrogens with one attached hydrogen (secondary N) is 2. The summed E-state index contributed by atoms with van der Waals surface area (Å²) in [6.45, 7) is 4.48. The lowest BCUT2D eigenvalue weighted by atomic mass is 9.99. The van der Waals surface area contributed by atoms with E-state index in [9.17, 15) is 14.4 Å². The minimum absolute atomic E-state index is 0.100. The highest BCUT2D eigenvalue weighted by Gasteiger charge is 2.32. The van der Waals surface area contributed by atoms with Gasteiger partial charge < -0.3 is 15.5 Å². The first kappa shape index (κ1) is 14.3. The summed E-state index contributed by atoms with van der Waals surface area (Å²) in [6, 6.07) is 3.63. The van der Waals surface area contributed by atoms with E-state index in [1.54, 1.807) is 6.07 Å². The number of anilines is 2. The molecule has 3 amide bonds. The predicted molar refractivity (Wildman–Crippen MR) is 82.7 cm³/mol. The molecule has 2 heterocycles. The van der Waals surface area contributed by atoms with Crippen LogP contribution in [-0.4, -0.2) is 30.8 Å². The molecule has 2 N–H and O–H groups in total. The summed E-state index contributed by atoms with van der Waals surface area (Å²) in [5, 5.41) is 5.02. The average Bonchev–Trinajstić information content (AvgIpc) is 2.82. The van der Waals surface area contributed by atoms with E-state index in [1.165, 1.54) is 6.08 Å². The molecule has 6 nitrogen and oxygen atoms in total. The van der Waals surface area contributed by atoms with Gasteiger partial charge in [-0.25, -0.2) is 0 Å². The minimum Gasteiger partial charge on any atom is -0.344 e. The molecule has 22 heavy (non-hydrogen) atoms. The zero-order chi connectivity index (χ0) is 15.7. The van der Waals surface area contributed by atoms with Gasteiger partial charge in [-0.3, -0.25) is 14.4 Å². The molecule has 0 saturated carbocycles. The topological polar surface area (TPSA) is 78.5 Å². The number of rotatable bonds is 3. The van der Waals surface area contributed by atoms with Gasteiger partial charge in [0.25, 0.3) is 0 Å². The van der Waals surface area contributed by atoms with Crippen LogP contribution < -0.4 is 15.5 Å². The van der Waals surface area contributed by atoms with E-state index in [1.807, 2.05) is 11.0 Å². The number of carbonyl (C=O) groups is 3. The van der Waals surface area contributed by atoms with Crippen LogP contribution >= 0.6 is 0 Å². The molecule has 0 unspecified atom stereocenters. The zero-order valence-corrected chi connectivity index (χ0v) is 12.1. The van der Waals surface area contributed by atoms with E-state index >= 15 is 0 Å². The molecular weight excluding hydrogens is 282 g/mol. The molecule has 1 aromatic carbocycles. The van der Waals surface area contributed by atoms with Crippen LogP contribution in [0.15, 0.2) is 24.8 Å². The summed E-state index contributed by atoms with van der Waals surface area (Å²) in [6.07, 6.45) is 3.65. The Bertz CT molecular complexity index is 681. The van der Waals surface area contributed by atoms with Crippen molar-refractivity contribution in [1.29, 1.82) is 0 Å². The number of nitrogens with zero attached hydrogens (tertiary/aromatic N) is 1. The van der Waals surface area contributed by atoms with Crippen molar-refractivity contribution < 1.29 is 14.4 Å². The van der Waals surface area contributed by atoms with Gasteiger partial charge in [-0.15, -0.1) is 6.58 Å². The lowest BCUT2D eigenvalue weighted by molar-refractivity contribution is -0.136. The quantitative estimate of drug-likeness (QED) is 0.639. The Labute approximate surface area is 128 Å². The Hall–Kier alpha value is -2.63. The molecular formula is C16H17N3O3. The van der Waals surface area contributed by atoms with E-state index in [4.69, 9.17) is 0 Å². The number of hydrogen-bond acceptors (Lipinski definition) is 3. The summed E-state index contributed by atoms with van der Waals surface area (Å²) >= 11 is 0. The van der Waals surface area contributed by atoms with Gasteiger partial charge in [0.1, 0.15) is 0 Å². The second-order valence-electron chi connectivity index (χ2n) is 5.42. The highest BCUT2D eigenvalue weighted by atomic mass is 16.2. The fourth-order valence-electron chi connectivity index (χ4n) is 2.98. The molecule has 0 atom stereocenters. The lowest BCUT2D eigenvalue weighted by Gasteiger charge is -2.26. The number of amides is 3. The van der Waals surface area contributed by atoms with Crippen molar-refractivity contribution in [2.75, 3.05) is 23.3 Å². The van der Waals surface area contributed by atoms with Crippen molar-refractivity contribution in [3.8, 4) is 0 Å². The smallest absolute Gasteiger partial charge is 0.313 e. The van der Waals surface area contributed by atoms with Crippen LogP contribution in [0, 0.1) is 0 Å². The normalized spacial score (nSPS) is 15.3. The Morgan fingerprint density at radius 2 is 2.05 bits per heavy atom. The van der Waals surface area contributed by atoms with Gasteiger partial charge in [-0.05, 0) is 36.1 Å². The van der Waals surface area contributed by atoms with E-state index in [2.05, 4.69) is 17.2 Å². The summed E-state index contributed by atoms with van der Waals surface area (Å²) in [4.78, 5) is 37.2. The Kier molecular flexibility index (Phi) is 3.66. The molecule has 2 aliphatic rings. The Morgan fingerprint density at radius 1 is 1.27 bits per heavy atom. The van der Waals surface area contributed by atoms with Crippen LogP contribution in [0.25, 0.3) is 0 Å². The zero-order valence-electron chi connectivity index (χ0n) is 12.1. The van der Waals surface area contributed by atoms with Crippen molar-refractivity contribution in [3.05, 3.63) is 35.9 Å². The van der Waals surface area contributed by atoms with Gasteiger partial charge >= 0.3 is 11.8 Å². The van der Waals surface area contributed by atoms with Crippen LogP contribution in [0.5, 0.6) is 0 Å². The summed E-state index contributed by atoms with van der Waals surface area (Å²) in [7, 11) is 0. The van der Waals surface area contributed by atoms with Crippen LogP contribution in [0.1, 0.15) is 17.5 Å². The highest BCUT2D eigenvalue weighted by Crippen LogP contribution is 2.38. The number of aryl methyl sites for hydroxylation is 1. The molecule has 0 bridgehead atoms. The molecule has 2 aliphatic heterocycles. The van der Waals surface area contributed by atoms with Crippen LogP contribution in [0.3, 0.4) is 0 Å².